The van der Waals surface area contributed by atoms with Crippen LogP contribution in [0.4, 0.5) is 19.3 Å². The molecule has 3 fully saturated rings. The van der Waals surface area contributed by atoms with Crippen molar-refractivity contribution in [1.82, 2.24) is 29.9 Å². The second-order valence-corrected chi connectivity index (χ2v) is 9.04. The topological polar surface area (TPSA) is 91.7 Å². The van der Waals surface area contributed by atoms with Crippen LogP contribution in [0.5, 0.6) is 0 Å². The lowest BCUT2D eigenvalue weighted by molar-refractivity contribution is 0.0945. The largest absolute Gasteiger partial charge is 0.322 e. The average molecular weight is 427 g/mol. The number of piperidine rings is 1. The van der Waals surface area contributed by atoms with E-state index in [1.165, 1.54) is 6.42 Å². The molecule has 1 atom stereocenters. The molecule has 3 aromatic heterocycles. The number of amides is 2. The molecule has 2 saturated carbocycles. The molecule has 0 aromatic carbocycles. The molecular weight excluding hydrogens is 404 g/mol. The van der Waals surface area contributed by atoms with Gasteiger partial charge in [0.15, 0.2) is 0 Å². The van der Waals surface area contributed by atoms with Crippen LogP contribution in [0.15, 0.2) is 24.7 Å². The molecule has 2 amide bonds. The third-order valence-electron chi connectivity index (χ3n) is 6.93. The predicted molar refractivity (Wildman–Crippen MR) is 110 cm³/mol. The Morgan fingerprint density at radius 3 is 2.84 bits per heavy atom. The lowest BCUT2D eigenvalue weighted by atomic mass is 10.0. The summed E-state index contributed by atoms with van der Waals surface area (Å²) in [5.41, 5.74) is 2.48. The first-order valence-corrected chi connectivity index (χ1v) is 10.8. The number of carbonyl (C=O) groups is 1. The Balaban J connectivity index is 1.26. The maximum Gasteiger partial charge on any atom is 0.322 e. The quantitative estimate of drug-likeness (QED) is 0.658. The number of nitrogens with zero attached hydrogens (tertiary/aromatic N) is 5. The maximum atomic E-state index is 13.4. The minimum absolute atomic E-state index is 0.0424. The van der Waals surface area contributed by atoms with Crippen molar-refractivity contribution in [1.29, 1.82) is 0 Å². The highest BCUT2D eigenvalue weighted by Gasteiger charge is 2.57. The van der Waals surface area contributed by atoms with Gasteiger partial charge in [-0.15, -0.1) is 0 Å². The minimum Gasteiger partial charge on any atom is -0.319 e. The summed E-state index contributed by atoms with van der Waals surface area (Å²) in [6, 6.07) is 1.69. The first-order valence-electron chi connectivity index (χ1n) is 10.8. The van der Waals surface area contributed by atoms with Gasteiger partial charge in [0.05, 0.1) is 35.8 Å². The van der Waals surface area contributed by atoms with Crippen molar-refractivity contribution < 1.29 is 13.6 Å². The van der Waals surface area contributed by atoms with Gasteiger partial charge in [0, 0.05) is 36.0 Å². The number of hydrogen-bond acceptors (Lipinski definition) is 4. The van der Waals surface area contributed by atoms with E-state index < -0.39 is 11.8 Å². The van der Waals surface area contributed by atoms with Gasteiger partial charge in [-0.1, -0.05) is 0 Å². The SMILES string of the molecule is O=C(Nc1cn[nH]c1-c1cc2c(cn1)cnn2C[C@H]1CC1(F)F)N1CCCCC12CC2. The number of aromatic amines is 1. The molecule has 0 unspecified atom stereocenters. The van der Waals surface area contributed by atoms with E-state index in [0.29, 0.717) is 17.1 Å². The van der Waals surface area contributed by atoms with Crippen LogP contribution in [0.3, 0.4) is 0 Å². The van der Waals surface area contributed by atoms with Crippen LogP contribution in [0.25, 0.3) is 22.3 Å². The van der Waals surface area contributed by atoms with Gasteiger partial charge >= 0.3 is 6.03 Å². The van der Waals surface area contributed by atoms with Crippen molar-refractivity contribution in [3.05, 3.63) is 24.7 Å². The normalized spacial score (nSPS) is 23.3. The van der Waals surface area contributed by atoms with Crippen molar-refractivity contribution >= 4 is 22.6 Å². The van der Waals surface area contributed by atoms with Gasteiger partial charge in [0.1, 0.15) is 5.69 Å². The van der Waals surface area contributed by atoms with Crippen molar-refractivity contribution in [3.8, 4) is 11.4 Å². The second kappa shape index (κ2) is 6.48. The van der Waals surface area contributed by atoms with E-state index in [4.69, 9.17) is 0 Å². The van der Waals surface area contributed by atoms with E-state index >= 15 is 0 Å². The molecule has 10 heteroatoms. The zero-order valence-electron chi connectivity index (χ0n) is 16.9. The maximum absolute atomic E-state index is 13.4. The van der Waals surface area contributed by atoms with Crippen LogP contribution in [-0.2, 0) is 6.54 Å². The first-order chi connectivity index (χ1) is 15.0. The number of H-pyrrole nitrogens is 1. The van der Waals surface area contributed by atoms with Gasteiger partial charge in [-0.3, -0.25) is 14.8 Å². The molecule has 8 nitrogen and oxygen atoms in total. The summed E-state index contributed by atoms with van der Waals surface area (Å²) < 4.78 is 28.3. The van der Waals surface area contributed by atoms with Crippen LogP contribution >= 0.6 is 0 Å². The molecule has 1 spiro atoms. The Morgan fingerprint density at radius 1 is 1.23 bits per heavy atom. The van der Waals surface area contributed by atoms with E-state index in [1.54, 1.807) is 29.3 Å². The Labute approximate surface area is 177 Å². The average Bonchev–Trinajstić information content (AvgIpc) is 3.48. The van der Waals surface area contributed by atoms with Gasteiger partial charge in [-0.05, 0) is 38.2 Å². The van der Waals surface area contributed by atoms with Gasteiger partial charge in [-0.25, -0.2) is 13.6 Å². The summed E-state index contributed by atoms with van der Waals surface area (Å²) in [6.45, 7) is 0.942. The van der Waals surface area contributed by atoms with Crippen molar-refractivity contribution in [2.24, 2.45) is 5.92 Å². The summed E-state index contributed by atoms with van der Waals surface area (Å²) in [6.07, 6.45) is 10.2. The number of anilines is 1. The second-order valence-electron chi connectivity index (χ2n) is 9.04. The lowest BCUT2D eigenvalue weighted by Crippen LogP contribution is -2.47. The van der Waals surface area contributed by atoms with E-state index in [2.05, 4.69) is 25.6 Å². The zero-order chi connectivity index (χ0) is 21.2. The minimum atomic E-state index is -2.59. The van der Waals surface area contributed by atoms with E-state index in [1.807, 2.05) is 4.90 Å². The predicted octanol–water partition coefficient (Wildman–Crippen LogP) is 4.03. The number of carbonyl (C=O) groups excluding carboxylic acids is 1. The molecule has 3 aliphatic rings. The molecule has 162 valence electrons. The van der Waals surface area contributed by atoms with Crippen molar-refractivity contribution in [3.63, 3.8) is 0 Å². The van der Waals surface area contributed by atoms with Crippen LogP contribution < -0.4 is 5.32 Å². The number of rotatable bonds is 4. The van der Waals surface area contributed by atoms with Gasteiger partial charge in [-0.2, -0.15) is 10.2 Å². The van der Waals surface area contributed by atoms with Crippen LogP contribution in [0.2, 0.25) is 0 Å². The lowest BCUT2D eigenvalue weighted by Gasteiger charge is -2.36. The highest BCUT2D eigenvalue weighted by atomic mass is 19.3. The number of pyridine rings is 1. The molecule has 0 radical (unpaired) electrons. The molecule has 1 saturated heterocycles. The number of urea groups is 1. The summed E-state index contributed by atoms with van der Waals surface area (Å²) in [5.74, 6) is -3.27. The molecule has 31 heavy (non-hydrogen) atoms. The number of aromatic nitrogens is 5. The van der Waals surface area contributed by atoms with Crippen LogP contribution in [0, 0.1) is 5.92 Å². The molecular formula is C21H23F2N7O. The standard InChI is InChI=1S/C21H23F2N7O/c22-21(23)8-14(21)12-30-17-7-15(24-9-13(17)10-26-30)18-16(11-25-28-18)27-19(31)29-6-2-1-3-20(29)4-5-20/h7,9-11,14H,1-6,8,12H2,(H,25,28)(H,27,31)/t14-/m1/s1. The molecule has 0 bridgehead atoms. The molecule has 3 aromatic rings. The third-order valence-corrected chi connectivity index (χ3v) is 6.93. The highest BCUT2D eigenvalue weighted by Crippen LogP contribution is 2.50. The van der Waals surface area contributed by atoms with E-state index in [0.717, 1.165) is 43.1 Å². The first kappa shape index (κ1) is 18.7. The Bertz CT molecular complexity index is 1170. The molecule has 4 heterocycles. The Morgan fingerprint density at radius 2 is 2.06 bits per heavy atom. The van der Waals surface area contributed by atoms with Gasteiger partial charge in [0.25, 0.3) is 5.92 Å². The Hall–Kier alpha value is -3.04. The van der Waals surface area contributed by atoms with Gasteiger partial charge < -0.3 is 10.2 Å². The summed E-state index contributed by atoms with van der Waals surface area (Å²) in [5, 5.41) is 15.0. The fourth-order valence-corrected chi connectivity index (χ4v) is 4.77. The zero-order valence-corrected chi connectivity index (χ0v) is 16.9. The summed E-state index contributed by atoms with van der Waals surface area (Å²) >= 11 is 0. The van der Waals surface area contributed by atoms with Crippen molar-refractivity contribution in [2.45, 2.75) is 56.5 Å². The summed E-state index contributed by atoms with van der Waals surface area (Å²) in [4.78, 5) is 19.4. The van der Waals surface area contributed by atoms with E-state index in [9.17, 15) is 13.6 Å². The third kappa shape index (κ3) is 3.16. The van der Waals surface area contributed by atoms with Gasteiger partial charge in [0.2, 0.25) is 0 Å². The number of alkyl halides is 2. The monoisotopic (exact) mass is 427 g/mol. The fourth-order valence-electron chi connectivity index (χ4n) is 4.77. The number of likely N-dealkylation sites (tertiary alicyclic amines) is 1. The highest BCUT2D eigenvalue weighted by molar-refractivity contribution is 5.94. The smallest absolute Gasteiger partial charge is 0.319 e. The summed E-state index contributed by atoms with van der Waals surface area (Å²) in [7, 11) is 0. The number of nitrogens with one attached hydrogen (secondary N) is 2. The van der Waals surface area contributed by atoms with Crippen molar-refractivity contribution in [2.75, 3.05) is 11.9 Å². The number of fused-ring (bicyclic) bond motifs is 1. The number of halogens is 2. The molecule has 2 N–H and O–H groups in total. The Kier molecular flexibility index (Phi) is 3.91. The van der Waals surface area contributed by atoms with Crippen LogP contribution in [0.1, 0.15) is 38.5 Å². The van der Waals surface area contributed by atoms with E-state index in [-0.39, 0.29) is 24.5 Å². The molecule has 6 rings (SSSR count). The number of hydrogen-bond donors (Lipinski definition) is 2. The fraction of sp³-hybridized carbons (Fsp3) is 0.524. The molecule has 1 aliphatic heterocycles. The van der Waals surface area contributed by atoms with Crippen LogP contribution in [-0.4, -0.2) is 53.9 Å². The molecule has 2 aliphatic carbocycles.